The minimum Gasteiger partial charge on any atom is -0.481 e. The number of aliphatic hydroxyl groups is 1. The molecule has 0 aromatic carbocycles. The Morgan fingerprint density at radius 3 is 2.68 bits per heavy atom. The van der Waals surface area contributed by atoms with E-state index in [1.54, 1.807) is 6.92 Å². The van der Waals surface area contributed by atoms with Crippen LogP contribution in [0.1, 0.15) is 53.4 Å². The molecule has 3 N–H and O–H groups in total. The van der Waals surface area contributed by atoms with Crippen molar-refractivity contribution < 1.29 is 43.5 Å². The molecule has 4 aliphatic rings. The van der Waals surface area contributed by atoms with Gasteiger partial charge in [0.25, 0.3) is 0 Å². The van der Waals surface area contributed by atoms with Gasteiger partial charge in [-0.3, -0.25) is 9.59 Å². The lowest BCUT2D eigenvalue weighted by Gasteiger charge is -2.39. The summed E-state index contributed by atoms with van der Waals surface area (Å²) >= 11 is 0. The summed E-state index contributed by atoms with van der Waals surface area (Å²) in [6.07, 6.45) is 9.09. The Morgan fingerprint density at radius 2 is 2.00 bits per heavy atom. The van der Waals surface area contributed by atoms with E-state index in [-0.39, 0.29) is 42.7 Å². The van der Waals surface area contributed by atoms with E-state index >= 15 is 0 Å². The second kappa shape index (κ2) is 13.5. The highest BCUT2D eigenvalue weighted by atomic mass is 16.6. The Kier molecular flexibility index (Phi) is 10.3. The number of epoxide rings is 1. The summed E-state index contributed by atoms with van der Waals surface area (Å²) in [7, 11) is 0. The van der Waals surface area contributed by atoms with Gasteiger partial charge in [0, 0.05) is 25.6 Å². The molecule has 1 unspecified atom stereocenters. The fourth-order valence-corrected chi connectivity index (χ4v) is 5.66. The van der Waals surface area contributed by atoms with Crippen LogP contribution in [0.2, 0.25) is 0 Å². The molecule has 4 heterocycles. The maximum Gasteiger partial charge on any atom is 0.410 e. The molecule has 2 amide bonds. The zero-order chi connectivity index (χ0) is 29.7. The number of hydrogen-bond donors (Lipinski definition) is 3. The molecule has 4 rings (SSSR count). The van der Waals surface area contributed by atoms with Crippen LogP contribution in [-0.4, -0.2) is 102 Å². The monoisotopic (exact) mass is 576 g/mol. The Balaban J connectivity index is 1.18. The number of hydrogen-bond acceptors (Lipinski definition) is 8. The van der Waals surface area contributed by atoms with Gasteiger partial charge in [0.1, 0.15) is 23.9 Å². The Morgan fingerprint density at radius 1 is 1.24 bits per heavy atom. The number of aliphatic hydroxyl groups excluding tert-OH is 1. The summed E-state index contributed by atoms with van der Waals surface area (Å²) in [4.78, 5) is 37.3. The Hall–Kier alpha value is -2.73. The van der Waals surface area contributed by atoms with Crippen LogP contribution < -0.4 is 5.32 Å². The first-order valence-corrected chi connectivity index (χ1v) is 14.6. The fraction of sp³-hybridized carbons (Fsp3) is 0.700. The van der Waals surface area contributed by atoms with E-state index in [4.69, 9.17) is 24.1 Å². The quantitative estimate of drug-likeness (QED) is 0.214. The molecule has 0 aromatic heterocycles. The van der Waals surface area contributed by atoms with E-state index in [9.17, 15) is 19.5 Å². The maximum absolute atomic E-state index is 12.6. The van der Waals surface area contributed by atoms with Crippen molar-refractivity contribution in [1.29, 1.82) is 0 Å². The number of carboxylic acids is 1. The molecule has 0 radical (unpaired) electrons. The standard InChI is InChI=1S/C30H44N2O9/c1-18(6-9-25-27(34)30(17-39-30)12-14-38-25)5-8-24-19(2)15-23(21(4)41-24)31-26(33)10-7-20(3)40-29(37)32-13-11-22(16-32)28(35)36/h5-7,9-10,19-25,27,34H,8,11-17H2,1-4H3,(H,31,33)(H,35,36)/b9-6+,10-7-,18-5+/t19-,20-,21+,22-,23+,24-,25?,27+,30+/m0/s1. The summed E-state index contributed by atoms with van der Waals surface area (Å²) in [5.74, 6) is -1.56. The number of nitrogens with one attached hydrogen (secondary N) is 1. The summed E-state index contributed by atoms with van der Waals surface area (Å²) in [6, 6.07) is -0.152. The molecule has 9 atom stereocenters. The fourth-order valence-electron chi connectivity index (χ4n) is 5.66. The van der Waals surface area contributed by atoms with Gasteiger partial charge in [-0.1, -0.05) is 30.7 Å². The predicted octanol–water partition coefficient (Wildman–Crippen LogP) is 2.58. The van der Waals surface area contributed by atoms with Crippen LogP contribution in [0, 0.1) is 11.8 Å². The zero-order valence-corrected chi connectivity index (χ0v) is 24.4. The van der Waals surface area contributed by atoms with Gasteiger partial charge < -0.3 is 39.4 Å². The van der Waals surface area contributed by atoms with Crippen LogP contribution in [-0.2, 0) is 28.5 Å². The highest BCUT2D eigenvalue weighted by molar-refractivity contribution is 5.87. The summed E-state index contributed by atoms with van der Waals surface area (Å²) < 4.78 is 22.8. The van der Waals surface area contributed by atoms with E-state index < -0.39 is 35.8 Å². The molecule has 0 aromatic rings. The summed E-state index contributed by atoms with van der Waals surface area (Å²) in [5, 5.41) is 22.6. The largest absolute Gasteiger partial charge is 0.481 e. The number of allylic oxidation sites excluding steroid dienone is 2. The highest BCUT2D eigenvalue weighted by Gasteiger charge is 2.55. The molecule has 0 saturated carbocycles. The van der Waals surface area contributed by atoms with Gasteiger partial charge in [-0.15, -0.1) is 0 Å². The SMILES string of the molecule is CC(/C=C/C1OCC[C@@]2(CO2)[C@@H]1O)=C\C[C@@H]1O[C@H](C)[C@H](NC(=O)/C=C\[C@H](C)OC(=O)N2CC[C@H](C(=O)O)C2)C[C@@H]1C. The first-order chi connectivity index (χ1) is 19.5. The minimum absolute atomic E-state index is 0.0162. The lowest BCUT2D eigenvalue weighted by molar-refractivity contribution is -0.141. The molecule has 4 saturated heterocycles. The van der Waals surface area contributed by atoms with Crippen molar-refractivity contribution in [2.75, 3.05) is 26.3 Å². The second-order valence-electron chi connectivity index (χ2n) is 11.9. The number of carboxylic acid groups (broad SMARTS) is 1. The van der Waals surface area contributed by atoms with Crippen LogP contribution in [0.15, 0.2) is 36.0 Å². The van der Waals surface area contributed by atoms with E-state index in [0.29, 0.717) is 26.2 Å². The average molecular weight is 577 g/mol. The highest BCUT2D eigenvalue weighted by Crippen LogP contribution is 2.40. The molecule has 4 fully saturated rings. The third-order valence-electron chi connectivity index (χ3n) is 8.57. The van der Waals surface area contributed by atoms with Crippen LogP contribution in [0.3, 0.4) is 0 Å². The summed E-state index contributed by atoms with van der Waals surface area (Å²) in [6.45, 7) is 9.37. The van der Waals surface area contributed by atoms with Crippen LogP contribution >= 0.6 is 0 Å². The second-order valence-corrected chi connectivity index (χ2v) is 11.9. The lowest BCUT2D eigenvalue weighted by Crippen LogP contribution is -2.50. The van der Waals surface area contributed by atoms with Gasteiger partial charge >= 0.3 is 12.1 Å². The number of carbonyl (C=O) groups excluding carboxylic acids is 2. The van der Waals surface area contributed by atoms with E-state index in [1.807, 2.05) is 26.0 Å². The molecule has 228 valence electrons. The third kappa shape index (κ3) is 8.18. The van der Waals surface area contributed by atoms with Crippen LogP contribution in [0.4, 0.5) is 4.79 Å². The van der Waals surface area contributed by atoms with Crippen LogP contribution in [0.25, 0.3) is 0 Å². The average Bonchev–Trinajstić information content (AvgIpc) is 3.51. The van der Waals surface area contributed by atoms with Crippen molar-refractivity contribution in [1.82, 2.24) is 10.2 Å². The van der Waals surface area contributed by atoms with Crippen molar-refractivity contribution in [2.24, 2.45) is 11.8 Å². The zero-order valence-electron chi connectivity index (χ0n) is 24.4. The van der Waals surface area contributed by atoms with Crippen molar-refractivity contribution in [3.63, 3.8) is 0 Å². The molecule has 11 heteroatoms. The van der Waals surface area contributed by atoms with Gasteiger partial charge in [0.15, 0.2) is 0 Å². The smallest absolute Gasteiger partial charge is 0.410 e. The van der Waals surface area contributed by atoms with Gasteiger partial charge in [-0.25, -0.2) is 4.79 Å². The molecule has 4 aliphatic heterocycles. The van der Waals surface area contributed by atoms with Crippen molar-refractivity contribution in [3.05, 3.63) is 36.0 Å². The number of amides is 2. The lowest BCUT2D eigenvalue weighted by atomic mass is 9.88. The summed E-state index contributed by atoms with van der Waals surface area (Å²) in [5.41, 5.74) is 0.643. The number of likely N-dealkylation sites (tertiary alicyclic amines) is 1. The van der Waals surface area contributed by atoms with Gasteiger partial charge in [-0.2, -0.15) is 0 Å². The Labute approximate surface area is 241 Å². The molecule has 11 nitrogen and oxygen atoms in total. The number of rotatable bonds is 9. The molecular formula is C30H44N2O9. The van der Waals surface area contributed by atoms with E-state index in [0.717, 1.165) is 24.8 Å². The van der Waals surface area contributed by atoms with E-state index in [1.165, 1.54) is 17.1 Å². The minimum atomic E-state index is -0.917. The molecule has 0 bridgehead atoms. The molecule has 1 spiro atoms. The van der Waals surface area contributed by atoms with Crippen molar-refractivity contribution >= 4 is 18.0 Å². The first kappa shape index (κ1) is 31.2. The van der Waals surface area contributed by atoms with Crippen molar-refractivity contribution in [2.45, 2.75) is 95.5 Å². The van der Waals surface area contributed by atoms with E-state index in [2.05, 4.69) is 18.3 Å². The number of carbonyl (C=O) groups is 3. The van der Waals surface area contributed by atoms with Gasteiger partial charge in [0.05, 0.1) is 37.4 Å². The number of ether oxygens (including phenoxy) is 4. The number of aliphatic carboxylic acids is 1. The Bertz CT molecular complexity index is 1050. The van der Waals surface area contributed by atoms with Gasteiger partial charge in [0.2, 0.25) is 5.91 Å². The van der Waals surface area contributed by atoms with Gasteiger partial charge in [-0.05, 0) is 52.0 Å². The molecule has 41 heavy (non-hydrogen) atoms. The third-order valence-corrected chi connectivity index (χ3v) is 8.57. The normalized spacial score (nSPS) is 36.6. The topological polar surface area (TPSA) is 147 Å². The predicted molar refractivity (Wildman–Crippen MR) is 149 cm³/mol. The maximum atomic E-state index is 12.6. The van der Waals surface area contributed by atoms with Crippen LogP contribution in [0.5, 0.6) is 0 Å². The molecular weight excluding hydrogens is 532 g/mol. The van der Waals surface area contributed by atoms with Crippen molar-refractivity contribution in [3.8, 4) is 0 Å². The first-order valence-electron chi connectivity index (χ1n) is 14.6. The number of nitrogens with zero attached hydrogens (tertiary/aromatic N) is 1. The molecule has 0 aliphatic carbocycles.